The van der Waals surface area contributed by atoms with Crippen molar-refractivity contribution in [1.29, 1.82) is 0 Å². The molecule has 5 aliphatic rings. The molecule has 0 aromatic carbocycles. The van der Waals surface area contributed by atoms with Crippen LogP contribution in [0.15, 0.2) is 0 Å². The topological polar surface area (TPSA) is 66.5 Å². The summed E-state index contributed by atoms with van der Waals surface area (Å²) in [5, 5.41) is 0. The fourth-order valence-electron chi connectivity index (χ4n) is 7.44. The summed E-state index contributed by atoms with van der Waals surface area (Å²) < 4.78 is 18.5. The molecule has 8 atom stereocenters. The van der Waals surface area contributed by atoms with Crippen LogP contribution in [0.1, 0.15) is 118 Å². The summed E-state index contributed by atoms with van der Waals surface area (Å²) in [6.45, 7) is 12.7. The molecule has 2 bridgehead atoms. The number of fused-ring (bicyclic) bond motifs is 2. The van der Waals surface area contributed by atoms with Gasteiger partial charge in [0.1, 0.15) is 5.44 Å². The van der Waals surface area contributed by atoms with E-state index in [0.29, 0.717) is 43.4 Å². The summed E-state index contributed by atoms with van der Waals surface area (Å²) in [6.07, 6.45) is 15.0. The zero-order valence-corrected chi connectivity index (χ0v) is 26.1. The molecule has 1 unspecified atom stereocenters. The highest BCUT2D eigenvalue weighted by molar-refractivity contribution is 7.99. The Morgan fingerprint density at radius 1 is 0.897 bits per heavy atom. The molecule has 226 valence electrons. The highest BCUT2D eigenvalue weighted by atomic mass is 32.2. The van der Waals surface area contributed by atoms with Gasteiger partial charge in [-0.3, -0.25) is 0 Å². The van der Waals surface area contributed by atoms with E-state index < -0.39 is 11.4 Å². The molecule has 5 fully saturated rings. The molecule has 7 nitrogen and oxygen atoms in total. The van der Waals surface area contributed by atoms with Crippen LogP contribution >= 0.6 is 11.8 Å². The van der Waals surface area contributed by atoms with Gasteiger partial charge in [0.05, 0.1) is 6.61 Å². The second-order valence-corrected chi connectivity index (χ2v) is 13.8. The van der Waals surface area contributed by atoms with Crippen LogP contribution in [0, 0.1) is 23.7 Å². The molecule has 1 aliphatic carbocycles. The number of nitrogens with zero attached hydrogens (tertiary/aromatic N) is 1. The van der Waals surface area contributed by atoms with Gasteiger partial charge in [-0.05, 0) is 76.4 Å². The predicted octanol–water partition coefficient (Wildman–Crippen LogP) is 7.92. The molecule has 0 N–H and O–H groups in total. The summed E-state index contributed by atoms with van der Waals surface area (Å²) in [7, 11) is 0. The number of hydrogen-bond acceptors (Lipinski definition) is 7. The normalized spacial score (nSPS) is 37.3. The Labute approximate surface area is 241 Å². The van der Waals surface area contributed by atoms with Gasteiger partial charge in [-0.25, -0.2) is 14.6 Å². The Balaban J connectivity index is 1.07. The van der Waals surface area contributed by atoms with Crippen molar-refractivity contribution < 1.29 is 28.8 Å². The number of amides is 1. The van der Waals surface area contributed by atoms with E-state index in [1.165, 1.54) is 57.8 Å². The van der Waals surface area contributed by atoms with E-state index in [0.717, 1.165) is 31.4 Å². The number of unbranched alkanes of at least 4 members (excludes halogenated alkanes) is 8. The SMILES string of the molecule is CCN(CC)C(=O)OCCCCCCCCCCCS[C@@H]1O[C@@H]2OC3(C)CC[C@H]4[C@H](C)CC[C@@H]([C@H]1C)[C@@]24OO3. The van der Waals surface area contributed by atoms with E-state index in [2.05, 4.69) is 13.8 Å². The summed E-state index contributed by atoms with van der Waals surface area (Å²) in [5.74, 6) is 2.35. The molecule has 0 radical (unpaired) electrons. The van der Waals surface area contributed by atoms with E-state index in [1.807, 2.05) is 32.5 Å². The first-order chi connectivity index (χ1) is 18.8. The van der Waals surface area contributed by atoms with Crippen LogP contribution in [0.4, 0.5) is 4.79 Å². The lowest BCUT2D eigenvalue weighted by Gasteiger charge is -2.60. The van der Waals surface area contributed by atoms with Crippen molar-refractivity contribution in [2.45, 2.75) is 141 Å². The second-order valence-electron chi connectivity index (χ2n) is 12.6. The highest BCUT2D eigenvalue weighted by Crippen LogP contribution is 2.61. The van der Waals surface area contributed by atoms with E-state index >= 15 is 0 Å². The lowest BCUT2D eigenvalue weighted by atomic mass is 9.58. The number of carbonyl (C=O) groups is 1. The van der Waals surface area contributed by atoms with Crippen molar-refractivity contribution in [2.75, 3.05) is 25.4 Å². The monoisotopic (exact) mass is 569 g/mol. The van der Waals surface area contributed by atoms with Crippen molar-refractivity contribution in [1.82, 2.24) is 4.90 Å². The summed E-state index contributed by atoms with van der Waals surface area (Å²) in [4.78, 5) is 25.8. The summed E-state index contributed by atoms with van der Waals surface area (Å²) in [6, 6.07) is 0. The van der Waals surface area contributed by atoms with Crippen molar-refractivity contribution >= 4 is 17.9 Å². The molecule has 5 rings (SSSR count). The Morgan fingerprint density at radius 3 is 2.26 bits per heavy atom. The third-order valence-corrected chi connectivity index (χ3v) is 11.3. The van der Waals surface area contributed by atoms with Crippen molar-refractivity contribution in [3.8, 4) is 0 Å². The molecule has 39 heavy (non-hydrogen) atoms. The zero-order valence-electron chi connectivity index (χ0n) is 25.3. The van der Waals surface area contributed by atoms with Crippen molar-refractivity contribution in [2.24, 2.45) is 23.7 Å². The molecule has 0 aromatic heterocycles. The minimum atomic E-state index is -0.689. The average Bonchev–Trinajstić information content (AvgIpc) is 3.16. The molecule has 8 heteroatoms. The van der Waals surface area contributed by atoms with Gasteiger partial charge < -0.3 is 19.1 Å². The first kappa shape index (κ1) is 31.4. The Hall–Kier alpha value is -0.540. The van der Waals surface area contributed by atoms with Crippen LogP contribution in [-0.4, -0.2) is 59.6 Å². The van der Waals surface area contributed by atoms with Crippen LogP contribution in [0.2, 0.25) is 0 Å². The molecular formula is C31H55NO6S. The van der Waals surface area contributed by atoms with Gasteiger partial charge in [0.25, 0.3) is 0 Å². The Morgan fingerprint density at radius 2 is 1.56 bits per heavy atom. The Bertz CT molecular complexity index is 767. The second kappa shape index (κ2) is 14.6. The fraction of sp³-hybridized carbons (Fsp3) is 0.968. The van der Waals surface area contributed by atoms with Gasteiger partial charge in [0, 0.05) is 25.4 Å². The quantitative estimate of drug-likeness (QED) is 0.147. The van der Waals surface area contributed by atoms with Crippen molar-refractivity contribution in [3.05, 3.63) is 0 Å². The van der Waals surface area contributed by atoms with Gasteiger partial charge in [-0.2, -0.15) is 0 Å². The summed E-state index contributed by atoms with van der Waals surface area (Å²) in [5.41, 5.74) is -0.280. The van der Waals surface area contributed by atoms with E-state index in [-0.39, 0.29) is 17.8 Å². The maximum atomic E-state index is 11.8. The molecular weight excluding hydrogens is 514 g/mol. The molecule has 4 heterocycles. The molecule has 1 spiro atoms. The van der Waals surface area contributed by atoms with Crippen molar-refractivity contribution in [3.63, 3.8) is 0 Å². The first-order valence-electron chi connectivity index (χ1n) is 16.1. The third-order valence-electron chi connectivity index (χ3n) is 9.92. The van der Waals surface area contributed by atoms with E-state index in [9.17, 15) is 4.79 Å². The number of hydrogen-bond donors (Lipinski definition) is 0. The number of carbonyl (C=O) groups excluding carboxylic acids is 1. The van der Waals surface area contributed by atoms with Crippen LogP contribution in [0.3, 0.4) is 0 Å². The maximum Gasteiger partial charge on any atom is 0.409 e. The minimum absolute atomic E-state index is 0.164. The number of thioether (sulfide) groups is 1. The van der Waals surface area contributed by atoms with Gasteiger partial charge >= 0.3 is 6.09 Å². The lowest BCUT2D eigenvalue weighted by molar-refractivity contribution is -0.568. The maximum absolute atomic E-state index is 11.8. The largest absolute Gasteiger partial charge is 0.449 e. The van der Waals surface area contributed by atoms with Crippen LogP contribution in [0.5, 0.6) is 0 Å². The molecule has 0 aromatic rings. The predicted molar refractivity (Wildman–Crippen MR) is 155 cm³/mol. The molecule has 4 aliphatic heterocycles. The van der Waals surface area contributed by atoms with Gasteiger partial charge in [-0.1, -0.05) is 58.8 Å². The standard InChI is InChI=1S/C31H55NO6S/c1-6-32(7-2)29(33)34-21-15-13-11-9-8-10-12-14-16-22-39-27-24(4)26-18-17-23(3)25-19-20-30(5)36-28(35-27)31(25,26)38-37-30/h23-28H,6-22H2,1-5H3/t23-,24-,25+,26+,27+,28-,30?,31-/m1/s1. The summed E-state index contributed by atoms with van der Waals surface area (Å²) >= 11 is 1.98. The average molecular weight is 570 g/mol. The fourth-order valence-corrected chi connectivity index (χ4v) is 8.71. The van der Waals surface area contributed by atoms with Crippen LogP contribution in [0.25, 0.3) is 0 Å². The molecule has 4 saturated heterocycles. The molecule has 1 amide bonds. The lowest BCUT2D eigenvalue weighted by Crippen LogP contribution is -2.70. The smallest absolute Gasteiger partial charge is 0.409 e. The Kier molecular flexibility index (Phi) is 11.7. The van der Waals surface area contributed by atoms with Gasteiger partial charge in [0.2, 0.25) is 5.79 Å². The number of rotatable bonds is 15. The van der Waals surface area contributed by atoms with E-state index in [1.54, 1.807) is 4.90 Å². The van der Waals surface area contributed by atoms with Gasteiger partial charge in [0.15, 0.2) is 11.9 Å². The van der Waals surface area contributed by atoms with Gasteiger partial charge in [-0.15, -0.1) is 11.8 Å². The van der Waals surface area contributed by atoms with Crippen LogP contribution in [-0.2, 0) is 24.0 Å². The zero-order chi connectivity index (χ0) is 27.9. The minimum Gasteiger partial charge on any atom is -0.449 e. The third kappa shape index (κ3) is 7.28. The van der Waals surface area contributed by atoms with E-state index in [4.69, 9.17) is 24.0 Å². The molecule has 1 saturated carbocycles. The number of ether oxygens (including phenoxy) is 3. The van der Waals surface area contributed by atoms with Crippen LogP contribution < -0.4 is 0 Å². The first-order valence-corrected chi connectivity index (χ1v) is 17.1. The highest BCUT2D eigenvalue weighted by Gasteiger charge is 2.69.